The Morgan fingerprint density at radius 2 is 1.89 bits per heavy atom. The van der Waals surface area contributed by atoms with E-state index in [1.807, 2.05) is 24.1 Å². The van der Waals surface area contributed by atoms with Crippen molar-refractivity contribution in [3.05, 3.63) is 29.8 Å². The number of hydrogen-bond acceptors (Lipinski definition) is 2. The molecule has 0 atom stereocenters. The number of nitrogens with zero attached hydrogens (tertiary/aromatic N) is 2. The van der Waals surface area contributed by atoms with Crippen molar-refractivity contribution in [2.24, 2.45) is 0 Å². The van der Waals surface area contributed by atoms with Gasteiger partial charge < -0.3 is 4.90 Å². The summed E-state index contributed by atoms with van der Waals surface area (Å²) in [4.78, 5) is 16.0. The number of amides is 1. The molecule has 0 bridgehead atoms. The van der Waals surface area contributed by atoms with Gasteiger partial charge in [-0.15, -0.1) is 0 Å². The lowest BCUT2D eigenvalue weighted by Gasteiger charge is -2.33. The molecule has 3 heteroatoms. The van der Waals surface area contributed by atoms with E-state index >= 15 is 0 Å². The number of hydrogen-bond donors (Lipinski definition) is 0. The van der Waals surface area contributed by atoms with Gasteiger partial charge in [-0.25, -0.2) is 0 Å². The first-order valence-corrected chi connectivity index (χ1v) is 6.47. The van der Waals surface area contributed by atoms with Gasteiger partial charge in [-0.3, -0.25) is 9.69 Å². The lowest BCUT2D eigenvalue weighted by atomic mass is 9.87. The van der Waals surface area contributed by atoms with E-state index in [2.05, 4.69) is 37.8 Å². The van der Waals surface area contributed by atoms with Crippen LogP contribution in [0.15, 0.2) is 24.3 Å². The number of benzene rings is 1. The molecule has 18 heavy (non-hydrogen) atoms. The van der Waals surface area contributed by atoms with Crippen molar-refractivity contribution >= 4 is 11.6 Å². The minimum atomic E-state index is 0.117. The number of likely N-dealkylation sites (N-methyl/N-ethyl adjacent to an activating group) is 1. The summed E-state index contributed by atoms with van der Waals surface area (Å²) in [6, 6.07) is 8.34. The van der Waals surface area contributed by atoms with E-state index in [9.17, 15) is 4.79 Å². The minimum absolute atomic E-state index is 0.117. The highest BCUT2D eigenvalue weighted by Gasteiger charge is 2.23. The monoisotopic (exact) mass is 246 g/mol. The zero-order chi connectivity index (χ0) is 13.3. The van der Waals surface area contributed by atoms with Crippen molar-refractivity contribution in [1.82, 2.24) is 4.90 Å². The van der Waals surface area contributed by atoms with Crippen LogP contribution in [0.4, 0.5) is 5.69 Å². The van der Waals surface area contributed by atoms with Crippen LogP contribution in [0.25, 0.3) is 0 Å². The summed E-state index contributed by atoms with van der Waals surface area (Å²) in [7, 11) is 1.99. The molecule has 0 unspecified atom stereocenters. The van der Waals surface area contributed by atoms with Crippen LogP contribution in [0.1, 0.15) is 26.3 Å². The molecule has 0 aromatic heterocycles. The van der Waals surface area contributed by atoms with Crippen LogP contribution in [0, 0.1) is 0 Å². The Morgan fingerprint density at radius 3 is 2.50 bits per heavy atom. The van der Waals surface area contributed by atoms with Crippen LogP contribution < -0.4 is 4.90 Å². The first-order valence-electron chi connectivity index (χ1n) is 6.47. The van der Waals surface area contributed by atoms with E-state index in [1.54, 1.807) is 0 Å². The molecule has 1 heterocycles. The second-order valence-electron chi connectivity index (χ2n) is 6.08. The summed E-state index contributed by atoms with van der Waals surface area (Å²) in [6.07, 6.45) is 0. The van der Waals surface area contributed by atoms with Crippen LogP contribution >= 0.6 is 0 Å². The third-order valence-electron chi connectivity index (χ3n) is 3.44. The summed E-state index contributed by atoms with van der Waals surface area (Å²) in [5.41, 5.74) is 2.42. The predicted octanol–water partition coefficient (Wildman–Crippen LogP) is 2.26. The molecule has 1 aliphatic rings. The molecule has 1 amide bonds. The van der Waals surface area contributed by atoms with Crippen LogP contribution in [-0.4, -0.2) is 37.5 Å². The Kier molecular flexibility index (Phi) is 3.44. The Hall–Kier alpha value is -1.35. The summed E-state index contributed by atoms with van der Waals surface area (Å²) >= 11 is 0. The Balaban J connectivity index is 2.26. The molecule has 1 aliphatic heterocycles. The van der Waals surface area contributed by atoms with Crippen molar-refractivity contribution in [3.63, 3.8) is 0 Å². The second-order valence-corrected chi connectivity index (χ2v) is 6.08. The maximum atomic E-state index is 12.1. The minimum Gasteiger partial charge on any atom is -0.310 e. The van der Waals surface area contributed by atoms with Crippen LogP contribution in [0.5, 0.6) is 0 Å². The molecule has 1 aromatic carbocycles. The second kappa shape index (κ2) is 4.73. The van der Waals surface area contributed by atoms with E-state index in [-0.39, 0.29) is 11.3 Å². The zero-order valence-electron chi connectivity index (χ0n) is 11.7. The average molecular weight is 246 g/mol. The fourth-order valence-electron chi connectivity index (χ4n) is 2.20. The fourth-order valence-corrected chi connectivity index (χ4v) is 2.20. The molecular weight excluding hydrogens is 224 g/mol. The average Bonchev–Trinajstić information content (AvgIpc) is 2.28. The lowest BCUT2D eigenvalue weighted by Crippen LogP contribution is -2.48. The fraction of sp³-hybridized carbons (Fsp3) is 0.533. The molecule has 3 nitrogen and oxygen atoms in total. The predicted molar refractivity (Wildman–Crippen MR) is 75.0 cm³/mol. The van der Waals surface area contributed by atoms with E-state index in [1.165, 1.54) is 5.56 Å². The maximum absolute atomic E-state index is 12.1. The van der Waals surface area contributed by atoms with Gasteiger partial charge in [0.15, 0.2) is 0 Å². The van der Waals surface area contributed by atoms with Crippen molar-refractivity contribution in [2.75, 3.05) is 31.6 Å². The van der Waals surface area contributed by atoms with Gasteiger partial charge in [0.05, 0.1) is 6.54 Å². The smallest absolute Gasteiger partial charge is 0.241 e. The summed E-state index contributed by atoms with van der Waals surface area (Å²) in [6.45, 7) is 8.81. The molecule has 0 radical (unpaired) electrons. The third-order valence-corrected chi connectivity index (χ3v) is 3.44. The van der Waals surface area contributed by atoms with Gasteiger partial charge >= 0.3 is 0 Å². The summed E-state index contributed by atoms with van der Waals surface area (Å²) < 4.78 is 0. The van der Waals surface area contributed by atoms with Gasteiger partial charge in [0.1, 0.15) is 0 Å². The first kappa shape index (κ1) is 13.1. The van der Waals surface area contributed by atoms with Gasteiger partial charge in [-0.05, 0) is 30.2 Å². The van der Waals surface area contributed by atoms with Crippen LogP contribution in [-0.2, 0) is 10.2 Å². The molecule has 1 aromatic rings. The van der Waals surface area contributed by atoms with E-state index in [0.717, 1.165) is 18.8 Å². The van der Waals surface area contributed by atoms with E-state index in [0.29, 0.717) is 6.54 Å². The van der Waals surface area contributed by atoms with E-state index in [4.69, 9.17) is 0 Å². The maximum Gasteiger partial charge on any atom is 0.241 e. The normalized spacial score (nSPS) is 18.2. The molecule has 0 spiro atoms. The number of carbonyl (C=O) groups is 1. The molecular formula is C15H22N2O. The number of piperazine rings is 1. The zero-order valence-corrected chi connectivity index (χ0v) is 11.7. The highest BCUT2D eigenvalue weighted by molar-refractivity contribution is 5.95. The quantitative estimate of drug-likeness (QED) is 0.759. The summed E-state index contributed by atoms with van der Waals surface area (Å²) in [5, 5.41) is 0. The van der Waals surface area contributed by atoms with Gasteiger partial charge in [0, 0.05) is 18.8 Å². The Labute approximate surface area is 109 Å². The molecule has 98 valence electrons. The summed E-state index contributed by atoms with van der Waals surface area (Å²) in [5.74, 6) is 0.190. The van der Waals surface area contributed by atoms with Gasteiger partial charge in [0.2, 0.25) is 5.91 Å². The topological polar surface area (TPSA) is 23.6 Å². The molecule has 0 saturated carbocycles. The molecule has 0 N–H and O–H groups in total. The molecule has 2 rings (SSSR count). The van der Waals surface area contributed by atoms with E-state index < -0.39 is 0 Å². The van der Waals surface area contributed by atoms with Crippen molar-refractivity contribution in [1.29, 1.82) is 0 Å². The highest BCUT2D eigenvalue weighted by atomic mass is 16.2. The lowest BCUT2D eigenvalue weighted by molar-refractivity contribution is -0.120. The Morgan fingerprint density at radius 1 is 1.17 bits per heavy atom. The number of carbonyl (C=O) groups excluding carboxylic acids is 1. The van der Waals surface area contributed by atoms with Crippen LogP contribution in [0.3, 0.4) is 0 Å². The standard InChI is InChI=1S/C15H22N2O/c1-15(2,3)12-6-5-7-13(10-12)17-9-8-16(4)11-14(17)18/h5-7,10H,8-9,11H2,1-4H3. The van der Waals surface area contributed by atoms with Crippen molar-refractivity contribution in [3.8, 4) is 0 Å². The largest absolute Gasteiger partial charge is 0.310 e. The van der Waals surface area contributed by atoms with Crippen LogP contribution in [0.2, 0.25) is 0 Å². The number of anilines is 1. The molecule has 1 fully saturated rings. The van der Waals surface area contributed by atoms with Gasteiger partial charge in [-0.2, -0.15) is 0 Å². The van der Waals surface area contributed by atoms with Gasteiger partial charge in [-0.1, -0.05) is 32.9 Å². The third kappa shape index (κ3) is 2.72. The Bertz CT molecular complexity index is 448. The first-order chi connectivity index (χ1) is 8.38. The highest BCUT2D eigenvalue weighted by Crippen LogP contribution is 2.26. The van der Waals surface area contributed by atoms with Crippen molar-refractivity contribution in [2.45, 2.75) is 26.2 Å². The van der Waals surface area contributed by atoms with Gasteiger partial charge in [0.25, 0.3) is 0 Å². The molecule has 1 saturated heterocycles. The SMILES string of the molecule is CN1CCN(c2cccc(C(C)(C)C)c2)C(=O)C1. The number of rotatable bonds is 1. The van der Waals surface area contributed by atoms with Crippen molar-refractivity contribution < 1.29 is 4.79 Å². The molecule has 0 aliphatic carbocycles.